The Morgan fingerprint density at radius 2 is 2.26 bits per heavy atom. The lowest BCUT2D eigenvalue weighted by Crippen LogP contribution is -2.51. The summed E-state index contributed by atoms with van der Waals surface area (Å²) in [6.07, 6.45) is 1.92. The number of anilines is 1. The van der Waals surface area contributed by atoms with Gasteiger partial charge in [-0.05, 0) is 50.5 Å². The Bertz CT molecular complexity index is 468. The summed E-state index contributed by atoms with van der Waals surface area (Å²) in [7, 11) is 0. The van der Waals surface area contributed by atoms with Crippen molar-refractivity contribution in [2.75, 3.05) is 18.6 Å². The summed E-state index contributed by atoms with van der Waals surface area (Å²) in [5.41, 5.74) is 4.74. The number of rotatable bonds is 3. The summed E-state index contributed by atoms with van der Waals surface area (Å²) in [5.74, 6) is 5.31. The zero-order valence-electron chi connectivity index (χ0n) is 11.5. The molecule has 5 nitrogen and oxygen atoms in total. The molecule has 1 amide bonds. The van der Waals surface area contributed by atoms with Crippen LogP contribution in [-0.2, 0) is 4.74 Å². The molecule has 5 heteroatoms. The minimum absolute atomic E-state index is 0.0697. The third kappa shape index (κ3) is 3.24. The maximum atomic E-state index is 12.3. The third-order valence-electron chi connectivity index (χ3n) is 3.50. The topological polar surface area (TPSA) is 76.4 Å². The van der Waals surface area contributed by atoms with E-state index in [0.29, 0.717) is 12.2 Å². The molecule has 0 aromatic heterocycles. The van der Waals surface area contributed by atoms with Gasteiger partial charge in [-0.25, -0.2) is 0 Å². The van der Waals surface area contributed by atoms with Gasteiger partial charge in [0.1, 0.15) is 0 Å². The first-order chi connectivity index (χ1) is 9.04. The van der Waals surface area contributed by atoms with Gasteiger partial charge in [0.25, 0.3) is 5.91 Å². The molecule has 1 heterocycles. The highest BCUT2D eigenvalue weighted by Crippen LogP contribution is 2.20. The minimum Gasteiger partial charge on any atom is -0.379 e. The summed E-state index contributed by atoms with van der Waals surface area (Å²) in [6.45, 7) is 5.28. The van der Waals surface area contributed by atoms with Crippen LogP contribution >= 0.6 is 0 Å². The predicted molar refractivity (Wildman–Crippen MR) is 74.9 cm³/mol. The molecule has 0 bridgehead atoms. The molecule has 1 atom stereocenters. The summed E-state index contributed by atoms with van der Waals surface area (Å²) in [4.78, 5) is 12.3. The van der Waals surface area contributed by atoms with Gasteiger partial charge in [-0.3, -0.25) is 10.6 Å². The summed E-state index contributed by atoms with van der Waals surface area (Å²) >= 11 is 0. The lowest BCUT2D eigenvalue weighted by atomic mass is 9.94. The van der Waals surface area contributed by atoms with Crippen LogP contribution in [0.2, 0.25) is 0 Å². The van der Waals surface area contributed by atoms with Crippen molar-refractivity contribution in [2.45, 2.75) is 32.2 Å². The number of hydrazine groups is 1. The van der Waals surface area contributed by atoms with Crippen molar-refractivity contribution in [1.82, 2.24) is 5.32 Å². The van der Waals surface area contributed by atoms with Gasteiger partial charge in [0.2, 0.25) is 0 Å². The molecule has 1 saturated heterocycles. The summed E-state index contributed by atoms with van der Waals surface area (Å²) in [5, 5.41) is 3.06. The molecule has 0 saturated carbocycles. The fourth-order valence-electron chi connectivity index (χ4n) is 2.35. The number of amides is 1. The molecule has 1 fully saturated rings. The summed E-state index contributed by atoms with van der Waals surface area (Å²) < 4.78 is 5.44. The molecule has 2 rings (SSSR count). The Morgan fingerprint density at radius 1 is 1.47 bits per heavy atom. The van der Waals surface area contributed by atoms with E-state index in [9.17, 15) is 4.79 Å². The van der Waals surface area contributed by atoms with Gasteiger partial charge in [0.05, 0.1) is 17.8 Å². The molecule has 0 spiro atoms. The summed E-state index contributed by atoms with van der Waals surface area (Å²) in [6, 6.07) is 5.41. The fourth-order valence-corrected chi connectivity index (χ4v) is 2.35. The van der Waals surface area contributed by atoms with E-state index in [0.717, 1.165) is 30.7 Å². The van der Waals surface area contributed by atoms with E-state index in [4.69, 9.17) is 10.6 Å². The number of hydrogen-bond donors (Lipinski definition) is 3. The monoisotopic (exact) mass is 263 g/mol. The van der Waals surface area contributed by atoms with Crippen LogP contribution in [0.25, 0.3) is 0 Å². The SMILES string of the molecule is Cc1cc(C(=O)NC2(C)CCCOC2)ccc1NN. The first-order valence-electron chi connectivity index (χ1n) is 6.52. The zero-order valence-corrected chi connectivity index (χ0v) is 11.5. The molecular weight excluding hydrogens is 242 g/mol. The van der Waals surface area contributed by atoms with E-state index in [1.165, 1.54) is 0 Å². The van der Waals surface area contributed by atoms with Crippen LogP contribution in [0.1, 0.15) is 35.7 Å². The van der Waals surface area contributed by atoms with Crippen LogP contribution in [-0.4, -0.2) is 24.7 Å². The van der Waals surface area contributed by atoms with Gasteiger partial charge in [0.15, 0.2) is 0 Å². The Morgan fingerprint density at radius 3 is 2.84 bits per heavy atom. The lowest BCUT2D eigenvalue weighted by Gasteiger charge is -2.34. The van der Waals surface area contributed by atoms with Crippen molar-refractivity contribution in [3.8, 4) is 0 Å². The molecular formula is C14H21N3O2. The molecule has 19 heavy (non-hydrogen) atoms. The number of nitrogens with two attached hydrogens (primary N) is 1. The molecule has 1 unspecified atom stereocenters. The molecule has 104 valence electrons. The quantitative estimate of drug-likeness (QED) is 0.571. The normalized spacial score (nSPS) is 22.9. The Labute approximate surface area is 113 Å². The van der Waals surface area contributed by atoms with Crippen LogP contribution in [0, 0.1) is 6.92 Å². The van der Waals surface area contributed by atoms with Gasteiger partial charge in [0, 0.05) is 12.2 Å². The highest BCUT2D eigenvalue weighted by molar-refractivity contribution is 5.95. The maximum Gasteiger partial charge on any atom is 0.251 e. The Hall–Kier alpha value is -1.59. The molecule has 1 aromatic rings. The first kappa shape index (κ1) is 13.8. The van der Waals surface area contributed by atoms with E-state index in [2.05, 4.69) is 10.7 Å². The van der Waals surface area contributed by atoms with Gasteiger partial charge >= 0.3 is 0 Å². The molecule has 1 aliphatic rings. The Balaban J connectivity index is 2.09. The number of carbonyl (C=O) groups excluding carboxylic acids is 1. The van der Waals surface area contributed by atoms with E-state index in [1.54, 1.807) is 6.07 Å². The second kappa shape index (κ2) is 5.59. The highest BCUT2D eigenvalue weighted by atomic mass is 16.5. The standard InChI is InChI=1S/C14H21N3O2/c1-10-8-11(4-5-12(10)17-15)13(18)16-14(2)6-3-7-19-9-14/h4-5,8,17H,3,6-7,9,15H2,1-2H3,(H,16,18). The smallest absolute Gasteiger partial charge is 0.251 e. The molecule has 4 N–H and O–H groups in total. The van der Waals surface area contributed by atoms with E-state index < -0.39 is 0 Å². The van der Waals surface area contributed by atoms with Crippen LogP contribution in [0.4, 0.5) is 5.69 Å². The zero-order chi connectivity index (χ0) is 13.9. The number of nitrogen functional groups attached to an aromatic ring is 1. The third-order valence-corrected chi connectivity index (χ3v) is 3.50. The van der Waals surface area contributed by atoms with Crippen LogP contribution in [0.15, 0.2) is 18.2 Å². The average molecular weight is 263 g/mol. The van der Waals surface area contributed by atoms with E-state index >= 15 is 0 Å². The van der Waals surface area contributed by atoms with Gasteiger partial charge in [-0.1, -0.05) is 0 Å². The van der Waals surface area contributed by atoms with Crippen molar-refractivity contribution < 1.29 is 9.53 Å². The van der Waals surface area contributed by atoms with Crippen LogP contribution in [0.5, 0.6) is 0 Å². The molecule has 0 radical (unpaired) electrons. The van der Waals surface area contributed by atoms with Gasteiger partial charge in [-0.2, -0.15) is 0 Å². The number of hydrogen-bond acceptors (Lipinski definition) is 4. The number of aryl methyl sites for hydroxylation is 1. The number of benzene rings is 1. The lowest BCUT2D eigenvalue weighted by molar-refractivity contribution is 0.0272. The average Bonchev–Trinajstić information content (AvgIpc) is 2.39. The van der Waals surface area contributed by atoms with Gasteiger partial charge < -0.3 is 15.5 Å². The van der Waals surface area contributed by atoms with E-state index in [-0.39, 0.29) is 11.4 Å². The van der Waals surface area contributed by atoms with Crippen molar-refractivity contribution in [1.29, 1.82) is 0 Å². The first-order valence-corrected chi connectivity index (χ1v) is 6.52. The van der Waals surface area contributed by atoms with Crippen molar-refractivity contribution in [2.24, 2.45) is 5.84 Å². The maximum absolute atomic E-state index is 12.3. The van der Waals surface area contributed by atoms with Crippen molar-refractivity contribution in [3.05, 3.63) is 29.3 Å². The Kier molecular flexibility index (Phi) is 4.07. The second-order valence-electron chi connectivity index (χ2n) is 5.34. The fraction of sp³-hybridized carbons (Fsp3) is 0.500. The number of ether oxygens (including phenoxy) is 1. The van der Waals surface area contributed by atoms with E-state index in [1.807, 2.05) is 26.0 Å². The number of nitrogens with one attached hydrogen (secondary N) is 2. The largest absolute Gasteiger partial charge is 0.379 e. The number of carbonyl (C=O) groups is 1. The van der Waals surface area contributed by atoms with Crippen LogP contribution in [0.3, 0.4) is 0 Å². The molecule has 1 aromatic carbocycles. The minimum atomic E-state index is -0.270. The second-order valence-corrected chi connectivity index (χ2v) is 5.34. The van der Waals surface area contributed by atoms with Crippen LogP contribution < -0.4 is 16.6 Å². The van der Waals surface area contributed by atoms with Gasteiger partial charge in [-0.15, -0.1) is 0 Å². The predicted octanol–water partition coefficient (Wildman–Crippen LogP) is 1.58. The van der Waals surface area contributed by atoms with Crippen molar-refractivity contribution in [3.63, 3.8) is 0 Å². The highest BCUT2D eigenvalue weighted by Gasteiger charge is 2.29. The molecule has 0 aliphatic carbocycles. The van der Waals surface area contributed by atoms with Crippen molar-refractivity contribution >= 4 is 11.6 Å². The molecule has 1 aliphatic heterocycles.